The van der Waals surface area contributed by atoms with Crippen LogP contribution in [0.3, 0.4) is 0 Å². The maximum Gasteiger partial charge on any atom is 0.220 e. The van der Waals surface area contributed by atoms with Crippen molar-refractivity contribution in [3.8, 4) is 23.0 Å². The van der Waals surface area contributed by atoms with Crippen LogP contribution < -0.4 is 18.9 Å². The first-order chi connectivity index (χ1) is 18.2. The molecule has 0 saturated carbocycles. The Bertz CT molecular complexity index is 1260. The van der Waals surface area contributed by atoms with Crippen molar-refractivity contribution in [3.63, 3.8) is 0 Å². The first kappa shape index (κ1) is 29.7. The number of rotatable bonds is 13. The van der Waals surface area contributed by atoms with Crippen LogP contribution in [0.2, 0.25) is 0 Å². The molecule has 0 fully saturated rings. The Morgan fingerprint density at radius 3 is 1.74 bits per heavy atom. The molecule has 0 aliphatic rings. The molecule has 2 aromatic carbocycles. The fraction of sp³-hybridized carbons (Fsp3) is 0.370. The van der Waals surface area contributed by atoms with E-state index in [1.54, 1.807) is 75.9 Å². The minimum atomic E-state index is -3.97. The van der Waals surface area contributed by atoms with Crippen LogP contribution in [0.15, 0.2) is 59.2 Å². The topological polar surface area (TPSA) is 96.4 Å². The molecule has 0 unspecified atom stereocenters. The Morgan fingerprint density at radius 1 is 0.816 bits per heavy atom. The summed E-state index contributed by atoms with van der Waals surface area (Å²) in [4.78, 5) is 4.38. The Labute approximate surface area is 232 Å². The summed E-state index contributed by atoms with van der Waals surface area (Å²) in [5.74, 6) is 2.23. The third-order valence-corrected chi connectivity index (χ3v) is 8.87. The Balaban J connectivity index is 2.07. The van der Waals surface area contributed by atoms with E-state index in [9.17, 15) is 8.42 Å². The number of sulfonamides is 1. The molecule has 0 N–H and O–H groups in total. The zero-order chi connectivity index (χ0) is 27.9. The fourth-order valence-corrected chi connectivity index (χ4v) is 5.99. The minimum absolute atomic E-state index is 0.0409. The van der Waals surface area contributed by atoms with Gasteiger partial charge in [-0.1, -0.05) is 12.1 Å². The van der Waals surface area contributed by atoms with Gasteiger partial charge in [0, 0.05) is 54.1 Å². The van der Waals surface area contributed by atoms with Crippen molar-refractivity contribution in [1.29, 1.82) is 0 Å². The standard InChI is InChI=1S/C27H33BrN2O7S/c1-18(27(37-6)24-12-9-21(28)15-29-24)38(31,32)30(16-19-7-10-22(33-2)13-25(19)35-4)17-20-8-11-23(34-3)14-26(20)36-5/h7-15,18,27H,16-17H2,1-6H3/t18-,27-/m0/s1. The number of methoxy groups -OCH3 is 5. The molecule has 0 amide bonds. The van der Waals surface area contributed by atoms with Gasteiger partial charge < -0.3 is 23.7 Å². The van der Waals surface area contributed by atoms with Gasteiger partial charge >= 0.3 is 0 Å². The number of hydrogen-bond donors (Lipinski definition) is 0. The summed E-state index contributed by atoms with van der Waals surface area (Å²) in [5.41, 5.74) is 1.86. The molecule has 2 atom stereocenters. The molecule has 0 aliphatic carbocycles. The van der Waals surface area contributed by atoms with E-state index >= 15 is 0 Å². The number of hydrogen-bond acceptors (Lipinski definition) is 8. The van der Waals surface area contributed by atoms with E-state index in [4.69, 9.17) is 23.7 Å². The van der Waals surface area contributed by atoms with Gasteiger partial charge in [0.1, 0.15) is 34.4 Å². The summed E-state index contributed by atoms with van der Waals surface area (Å²) in [7, 11) is 3.70. The van der Waals surface area contributed by atoms with Crippen molar-refractivity contribution in [2.24, 2.45) is 0 Å². The van der Waals surface area contributed by atoms with Gasteiger partial charge in [0.25, 0.3) is 0 Å². The molecular formula is C27H33BrN2O7S. The van der Waals surface area contributed by atoms with Crippen LogP contribution in [0, 0.1) is 0 Å². The highest BCUT2D eigenvalue weighted by Crippen LogP contribution is 2.33. The number of benzene rings is 2. The molecule has 0 bridgehead atoms. The highest BCUT2D eigenvalue weighted by molar-refractivity contribution is 9.10. The molecule has 3 rings (SSSR count). The van der Waals surface area contributed by atoms with Crippen LogP contribution in [0.4, 0.5) is 0 Å². The quantitative estimate of drug-likeness (QED) is 0.268. The van der Waals surface area contributed by atoms with Crippen LogP contribution in [0.5, 0.6) is 23.0 Å². The average molecular weight is 610 g/mol. The summed E-state index contributed by atoms with van der Waals surface area (Å²) >= 11 is 3.37. The summed E-state index contributed by atoms with van der Waals surface area (Å²) in [6.45, 7) is 1.70. The SMILES string of the molecule is COc1ccc(CN(Cc2ccc(OC)cc2OC)S(=O)(=O)[C@@H](C)[C@H](OC)c2ccc(Br)cn2)c(OC)c1. The van der Waals surface area contributed by atoms with Gasteiger partial charge in [0.15, 0.2) is 0 Å². The third kappa shape index (κ3) is 6.76. The van der Waals surface area contributed by atoms with E-state index < -0.39 is 21.4 Å². The number of halogens is 1. The van der Waals surface area contributed by atoms with Crippen LogP contribution in [0.25, 0.3) is 0 Å². The summed E-state index contributed by atoms with van der Waals surface area (Å²) in [5, 5.41) is -0.963. The van der Waals surface area contributed by atoms with Gasteiger partial charge in [-0.15, -0.1) is 0 Å². The number of ether oxygens (including phenoxy) is 5. The van der Waals surface area contributed by atoms with Crippen molar-refractivity contribution >= 4 is 26.0 Å². The molecule has 1 aromatic heterocycles. The molecule has 0 saturated heterocycles. The monoisotopic (exact) mass is 608 g/mol. The molecule has 0 radical (unpaired) electrons. The molecular weight excluding hydrogens is 576 g/mol. The summed E-state index contributed by atoms with van der Waals surface area (Å²) in [6, 6.07) is 14.1. The van der Waals surface area contributed by atoms with Crippen molar-refractivity contribution in [1.82, 2.24) is 9.29 Å². The smallest absolute Gasteiger partial charge is 0.220 e. The lowest BCUT2D eigenvalue weighted by atomic mass is 10.1. The average Bonchev–Trinajstić information content (AvgIpc) is 2.94. The number of nitrogens with zero attached hydrogens (tertiary/aromatic N) is 2. The van der Waals surface area contributed by atoms with Gasteiger partial charge in [0.2, 0.25) is 10.0 Å². The number of pyridine rings is 1. The van der Waals surface area contributed by atoms with E-state index in [0.29, 0.717) is 39.8 Å². The first-order valence-electron chi connectivity index (χ1n) is 11.7. The first-order valence-corrected chi connectivity index (χ1v) is 14.0. The molecule has 206 valence electrons. The van der Waals surface area contributed by atoms with Crippen LogP contribution >= 0.6 is 15.9 Å². The second kappa shape index (κ2) is 13.3. The van der Waals surface area contributed by atoms with E-state index in [2.05, 4.69) is 20.9 Å². The second-order valence-electron chi connectivity index (χ2n) is 8.43. The molecule has 38 heavy (non-hydrogen) atoms. The maximum absolute atomic E-state index is 14.2. The normalized spacial score (nSPS) is 13.2. The molecule has 0 aliphatic heterocycles. The van der Waals surface area contributed by atoms with Crippen molar-refractivity contribution < 1.29 is 32.1 Å². The van der Waals surface area contributed by atoms with E-state index in [-0.39, 0.29) is 13.1 Å². The Morgan fingerprint density at radius 2 is 1.34 bits per heavy atom. The van der Waals surface area contributed by atoms with E-state index in [1.807, 2.05) is 0 Å². The summed E-state index contributed by atoms with van der Waals surface area (Å²) in [6.07, 6.45) is 0.814. The third-order valence-electron chi connectivity index (χ3n) is 6.23. The van der Waals surface area contributed by atoms with Gasteiger partial charge in [-0.2, -0.15) is 4.31 Å². The van der Waals surface area contributed by atoms with E-state index in [1.165, 1.54) is 25.6 Å². The van der Waals surface area contributed by atoms with Crippen molar-refractivity contribution in [2.75, 3.05) is 35.5 Å². The van der Waals surface area contributed by atoms with Crippen molar-refractivity contribution in [3.05, 3.63) is 76.0 Å². The lowest BCUT2D eigenvalue weighted by molar-refractivity contribution is 0.0968. The highest BCUT2D eigenvalue weighted by atomic mass is 79.9. The van der Waals surface area contributed by atoms with Gasteiger partial charge in [-0.25, -0.2) is 8.42 Å². The van der Waals surface area contributed by atoms with Crippen molar-refractivity contribution in [2.45, 2.75) is 31.4 Å². The molecule has 3 aromatic rings. The predicted octanol–water partition coefficient (Wildman–Crippen LogP) is 4.99. The largest absolute Gasteiger partial charge is 0.497 e. The fourth-order valence-electron chi connectivity index (χ4n) is 4.08. The molecule has 1 heterocycles. The lowest BCUT2D eigenvalue weighted by Gasteiger charge is -2.30. The van der Waals surface area contributed by atoms with Crippen LogP contribution in [0.1, 0.15) is 29.8 Å². The maximum atomic E-state index is 14.2. The van der Waals surface area contributed by atoms with Gasteiger partial charge in [-0.05, 0) is 47.1 Å². The lowest BCUT2D eigenvalue weighted by Crippen LogP contribution is -2.40. The van der Waals surface area contributed by atoms with Gasteiger partial charge in [0.05, 0.1) is 34.1 Å². The Kier molecular flexibility index (Phi) is 10.4. The molecule has 0 spiro atoms. The van der Waals surface area contributed by atoms with Gasteiger partial charge in [-0.3, -0.25) is 4.98 Å². The predicted molar refractivity (Wildman–Crippen MR) is 148 cm³/mol. The second-order valence-corrected chi connectivity index (χ2v) is 11.6. The number of aromatic nitrogens is 1. The van der Waals surface area contributed by atoms with Crippen LogP contribution in [-0.2, 0) is 27.8 Å². The zero-order valence-electron chi connectivity index (χ0n) is 22.3. The van der Waals surface area contributed by atoms with Crippen LogP contribution in [-0.4, -0.2) is 58.5 Å². The highest BCUT2D eigenvalue weighted by Gasteiger charge is 2.37. The molecule has 11 heteroatoms. The Hall–Kier alpha value is -2.86. The minimum Gasteiger partial charge on any atom is -0.497 e. The molecule has 9 nitrogen and oxygen atoms in total. The summed E-state index contributed by atoms with van der Waals surface area (Å²) < 4.78 is 58.0. The zero-order valence-corrected chi connectivity index (χ0v) is 24.7. The van der Waals surface area contributed by atoms with E-state index in [0.717, 1.165) is 4.47 Å².